The Morgan fingerprint density at radius 2 is 0.560 bits per heavy atom. The van der Waals surface area contributed by atoms with E-state index in [-0.39, 0.29) is 172 Å². The summed E-state index contributed by atoms with van der Waals surface area (Å²) in [7, 11) is 2.48. The first-order chi connectivity index (χ1) is 71.6. The van der Waals surface area contributed by atoms with E-state index >= 15 is 0 Å². The topological polar surface area (TPSA) is 468 Å². The lowest BCUT2D eigenvalue weighted by Crippen LogP contribution is -2.70. The number of phenols is 4. The fraction of sp³-hybridized carbons (Fsp3) is 0.714. The van der Waals surface area contributed by atoms with Crippen LogP contribution in [0.5, 0.6) is 28.7 Å². The highest BCUT2D eigenvalue weighted by atomic mass is 17.3. The van der Waals surface area contributed by atoms with Crippen LogP contribution in [0, 0.1) is 109 Å². The van der Waals surface area contributed by atoms with E-state index in [4.69, 9.17) is 125 Å². The fourth-order valence-electron chi connectivity index (χ4n) is 26.2. The van der Waals surface area contributed by atoms with Gasteiger partial charge in [0.2, 0.25) is 48.3 Å². The number of aromatic hydroxyl groups is 4. The molecule has 830 valence electrons. The Labute approximate surface area is 875 Å². The largest absolute Gasteiger partial charge is 0.508 e. The van der Waals surface area contributed by atoms with Crippen molar-refractivity contribution in [1.29, 1.82) is 0 Å². The molecule has 5 N–H and O–H groups in total. The Morgan fingerprint density at radius 1 is 0.307 bits per heavy atom. The first kappa shape index (κ1) is 114. The summed E-state index contributed by atoms with van der Waals surface area (Å²) in [5.74, 6) is -4.16. The van der Waals surface area contributed by atoms with E-state index in [0.29, 0.717) is 80.8 Å². The van der Waals surface area contributed by atoms with Crippen molar-refractivity contribution in [3.63, 3.8) is 0 Å². The van der Waals surface area contributed by atoms with E-state index in [1.54, 1.807) is 48.5 Å². The number of hydrogen-bond donors (Lipinski definition) is 5. The van der Waals surface area contributed by atoms with Crippen molar-refractivity contribution in [1.82, 2.24) is 0 Å². The smallest absolute Gasteiger partial charge is 0.308 e. The third kappa shape index (κ3) is 24.3. The minimum absolute atomic E-state index is 0.0256. The van der Waals surface area contributed by atoms with E-state index < -0.39 is 144 Å². The molecule has 0 radical (unpaired) electrons. The normalized spacial score (nSPS) is 37.9. The molecule has 4 spiro atoms. The Bertz CT molecular complexity index is 5200. The van der Waals surface area contributed by atoms with Gasteiger partial charge in [-0.3, -0.25) is 38.4 Å². The zero-order valence-electron chi connectivity index (χ0n) is 89.2. The molecule has 32 atom stereocenters. The van der Waals surface area contributed by atoms with Crippen LogP contribution in [0.3, 0.4) is 0 Å². The molecule has 38 nitrogen and oxygen atoms in total. The first-order valence-electron chi connectivity index (χ1n) is 53.9. The summed E-state index contributed by atoms with van der Waals surface area (Å²) in [5.41, 5.74) is 2.11. The average molecular weight is 2110 g/mol. The van der Waals surface area contributed by atoms with Crippen LogP contribution >= 0.6 is 0 Å². The molecule has 16 aliphatic heterocycles. The molecule has 150 heavy (non-hydrogen) atoms. The molecule has 0 aromatic heterocycles. The van der Waals surface area contributed by atoms with Crippen molar-refractivity contribution in [2.24, 2.45) is 94.7 Å². The lowest BCUT2D eigenvalue weighted by Gasteiger charge is -2.59. The van der Waals surface area contributed by atoms with Crippen molar-refractivity contribution >= 4 is 47.8 Å². The molecule has 20 aliphatic rings. The summed E-state index contributed by atoms with van der Waals surface area (Å²) in [4.78, 5) is 147. The van der Waals surface area contributed by atoms with E-state index in [1.807, 2.05) is 99.6 Å². The van der Waals surface area contributed by atoms with Crippen molar-refractivity contribution in [3.8, 4) is 28.7 Å². The molecule has 4 aromatic carbocycles. The predicted molar refractivity (Wildman–Crippen MR) is 524 cm³/mol. The summed E-state index contributed by atoms with van der Waals surface area (Å²) >= 11 is 0. The molecule has 4 aliphatic carbocycles. The third-order valence-corrected chi connectivity index (χ3v) is 34.8. The highest BCUT2D eigenvalue weighted by molar-refractivity contribution is 5.80. The number of ether oxygens (including phenoxy) is 17. The SMILES string of the molecule is CO.COc1ccc(CCOC(=O)CCC(=O)O[C@@H]2O[C@@H]3O[C@]4(C)CC[C@H]5[C@H](C)CC[C@@H]([C@H]2C)C35OO4)cc1O.C[C@H]1[C@H](OC(=O)CCC(=O)OCCc2cccc(O)c2)O[C@@H]2O[C@]3(C)CC[C@H]4[C@H](C)CC[C@@H]1C24OO3.Cc1ccc(CCOC(=O)CCC(=O)O[C@@H]2O[C@@H]3O[C@]4(C)CC[C@H]5[C@H](C)CC[C@@H]([C@H]2C)C35OO4)cc1O.Cc1ccc(CCOC(=O)CCC(=O)O[C@@H]2O[C@@H]3O[C@]4(C)CC[C@H]5[C@H](C)CC[C@@H]([C@H]2C)C35OO4)cc1O. The number of rotatable bonds is 29. The van der Waals surface area contributed by atoms with Gasteiger partial charge in [0.15, 0.2) is 59.1 Å². The third-order valence-electron chi connectivity index (χ3n) is 34.8. The zero-order chi connectivity index (χ0) is 107. The maximum absolute atomic E-state index is 12.7. The standard InChI is InChI=1S/C28H38O10.2C28H38O9.C27H36O9.CH4O/c1-16-5-7-20-17(2)25(35-26-28(20)19(16)11-13-27(3,36-26)37-38-28)34-24(31)10-9-23(30)33-14-12-18-6-8-22(32-4)21(29)15-18;2*1-16-6-8-21-18(3)25(34-26-28(21)20(16)11-13-27(4,35-26)36-37-28)33-24(31)10-9-23(30)32-14-12-19-7-5-17(2)22(29)15-19;1-16-7-8-21-17(2)24(33-25-27(21)20(16)11-13-26(3,34-25)35-36-27)32-23(30)10-9-22(29)31-14-12-18-5-4-6-19(28)15-18;1-2/h6,8,15-17,19-20,25-26,29H,5,7,9-14H2,1-4H3;2*5,7,15-16,18,20-21,25-26,29H,6,8-14H2,1-4H3;4-6,15-17,20-21,24-25,28H,7-14H2,1-3H3;2H,1H3/t16-,17-,19+,20+,25-,26-,27+,28?;2*16-,18-,20+,21+,25-,26-,27+,28?;16-,17-,20+,21+,24-,25-,26+,27?;/m1111./s1. The molecule has 24 rings (SSSR count). The van der Waals surface area contributed by atoms with Crippen LogP contribution in [-0.2, 0) is 179 Å². The highest BCUT2D eigenvalue weighted by Crippen LogP contribution is 2.66. The fourth-order valence-corrected chi connectivity index (χ4v) is 26.2. The second kappa shape index (κ2) is 47.7. The second-order valence-corrected chi connectivity index (χ2v) is 44.9. The molecule has 4 saturated carbocycles. The molecule has 38 heteroatoms. The molecular formula is C112H154O38. The van der Waals surface area contributed by atoms with Crippen LogP contribution in [0.4, 0.5) is 0 Å². The summed E-state index contributed by atoms with van der Waals surface area (Å²) in [5, 5.41) is 46.0. The van der Waals surface area contributed by atoms with Crippen LogP contribution in [0.25, 0.3) is 0 Å². The Kier molecular flexibility index (Phi) is 36.1. The summed E-state index contributed by atoms with van der Waals surface area (Å²) in [6.45, 7) is 28.7. The Hall–Kier alpha value is -9.04. The van der Waals surface area contributed by atoms with Crippen molar-refractivity contribution in [3.05, 3.63) is 112 Å². The van der Waals surface area contributed by atoms with Gasteiger partial charge in [0.25, 0.3) is 0 Å². The highest BCUT2D eigenvalue weighted by Gasteiger charge is 2.75. The molecule has 16 saturated heterocycles. The van der Waals surface area contributed by atoms with Gasteiger partial charge < -0.3 is 106 Å². The minimum atomic E-state index is -0.902. The number of fused-ring (bicyclic) bond motifs is 8. The maximum atomic E-state index is 12.7. The number of benzene rings is 4. The summed E-state index contributed by atoms with van der Waals surface area (Å²) < 4.78 is 99.1. The summed E-state index contributed by atoms with van der Waals surface area (Å²) in [6, 6.07) is 22.5. The Balaban J connectivity index is 0.000000142. The quantitative estimate of drug-likeness (QED) is 0.0191. The van der Waals surface area contributed by atoms with E-state index in [2.05, 4.69) is 27.7 Å². The van der Waals surface area contributed by atoms with Gasteiger partial charge in [-0.05, 0) is 236 Å². The lowest BCUT2D eigenvalue weighted by molar-refractivity contribution is -0.576. The van der Waals surface area contributed by atoms with Crippen molar-refractivity contribution in [2.45, 2.75) is 373 Å². The molecule has 16 heterocycles. The number of aliphatic hydroxyl groups excluding tert-OH is 1. The molecule has 4 aromatic rings. The number of esters is 8. The number of aliphatic hydroxyl groups is 1. The van der Waals surface area contributed by atoms with Crippen LogP contribution in [-0.4, -0.2) is 210 Å². The van der Waals surface area contributed by atoms with Gasteiger partial charge in [-0.15, -0.1) is 0 Å². The zero-order valence-corrected chi connectivity index (χ0v) is 89.2. The number of phenolic OH excluding ortho intramolecular Hbond substituents is 4. The van der Waals surface area contributed by atoms with Crippen LogP contribution in [0.2, 0.25) is 0 Å². The number of hydrogen-bond acceptors (Lipinski definition) is 38. The number of aryl methyl sites for hydroxylation is 2. The average Bonchev–Trinajstić information content (AvgIpc) is 1.04. The van der Waals surface area contributed by atoms with Crippen LogP contribution < -0.4 is 4.74 Å². The first-order valence-corrected chi connectivity index (χ1v) is 53.9. The van der Waals surface area contributed by atoms with Gasteiger partial charge in [0.1, 0.15) is 17.2 Å². The van der Waals surface area contributed by atoms with Gasteiger partial charge in [0, 0.05) is 106 Å². The Morgan fingerprint density at radius 3 is 0.813 bits per heavy atom. The molecule has 4 unspecified atom stereocenters. The van der Waals surface area contributed by atoms with E-state index in [1.165, 1.54) is 7.11 Å². The number of methoxy groups -OCH3 is 1. The second-order valence-electron chi connectivity index (χ2n) is 44.9. The van der Waals surface area contributed by atoms with E-state index in [0.717, 1.165) is 118 Å². The van der Waals surface area contributed by atoms with Gasteiger partial charge >= 0.3 is 47.8 Å². The van der Waals surface area contributed by atoms with Gasteiger partial charge in [-0.25, -0.2) is 39.1 Å². The van der Waals surface area contributed by atoms with Crippen LogP contribution in [0.15, 0.2) is 78.9 Å². The molecule has 20 fully saturated rings. The van der Waals surface area contributed by atoms with Crippen molar-refractivity contribution < 1.29 is 184 Å². The molecule has 8 bridgehead atoms. The maximum Gasteiger partial charge on any atom is 0.308 e. The molecule has 0 amide bonds. The summed E-state index contributed by atoms with van der Waals surface area (Å²) in [6.07, 6.45) is 9.54. The van der Waals surface area contributed by atoms with Gasteiger partial charge in [-0.1, -0.05) is 97.9 Å². The monoisotopic (exact) mass is 2110 g/mol. The van der Waals surface area contributed by atoms with Gasteiger partial charge in [-0.2, -0.15) is 0 Å². The molecular weight excluding hydrogens is 1950 g/mol. The van der Waals surface area contributed by atoms with Crippen LogP contribution in [0.1, 0.15) is 271 Å². The number of carbonyl (C=O) groups excluding carboxylic acids is 8. The van der Waals surface area contributed by atoms with E-state index in [9.17, 15) is 58.8 Å². The lowest BCUT2D eigenvalue weighted by atomic mass is 9.58. The predicted octanol–water partition coefficient (Wildman–Crippen LogP) is 16.3. The van der Waals surface area contributed by atoms with Gasteiger partial charge in [0.05, 0.1) is 84.9 Å². The minimum Gasteiger partial charge on any atom is -0.508 e. The van der Waals surface area contributed by atoms with Crippen molar-refractivity contribution in [2.75, 3.05) is 40.6 Å². The number of carbonyl (C=O) groups is 8.